The van der Waals surface area contributed by atoms with Gasteiger partial charge in [-0.3, -0.25) is 0 Å². The van der Waals surface area contributed by atoms with Gasteiger partial charge in [0, 0.05) is 5.02 Å². The van der Waals surface area contributed by atoms with Gasteiger partial charge in [0.05, 0.1) is 0 Å². The van der Waals surface area contributed by atoms with E-state index in [1.54, 1.807) is 13.8 Å². The molecule has 0 unspecified atom stereocenters. The van der Waals surface area contributed by atoms with Crippen molar-refractivity contribution in [2.75, 3.05) is 0 Å². The van der Waals surface area contributed by atoms with E-state index >= 15 is 0 Å². The molecule has 0 nitrogen and oxygen atoms in total. The molecule has 0 radical (unpaired) electrons. The summed E-state index contributed by atoms with van der Waals surface area (Å²) in [5.74, 6) is -0.125. The molecule has 0 saturated carbocycles. The second-order valence-corrected chi connectivity index (χ2v) is 6.62. The van der Waals surface area contributed by atoms with E-state index in [2.05, 4.69) is 0 Å². The summed E-state index contributed by atoms with van der Waals surface area (Å²) in [6.07, 6.45) is 0. The first kappa shape index (κ1) is 13.6. The Bertz CT molecular complexity index is 422. The molecule has 0 saturated heterocycles. The minimum Gasteiger partial charge on any atom is -0.0936 e. The molecule has 1 aromatic rings. The van der Waals surface area contributed by atoms with Gasteiger partial charge < -0.3 is 0 Å². The Morgan fingerprint density at radius 2 is 1.56 bits per heavy atom. The smallest absolute Gasteiger partial charge is 0.0936 e. The van der Waals surface area contributed by atoms with Crippen LogP contribution in [-0.4, -0.2) is 0 Å². The minimum atomic E-state index is -9.61. The SMILES string of the molecule is CC(C)c1ccc(S(F)(F)(F)(F)F)cc1Cl. The molecule has 94 valence electrons. The third-order valence-electron chi connectivity index (χ3n) is 2.04. The highest BCUT2D eigenvalue weighted by Gasteiger charge is 2.65. The maximum absolute atomic E-state index is 12.4. The molecular weight excluding hydrogens is 271 g/mol. The number of benzene rings is 1. The molecule has 0 heterocycles. The topological polar surface area (TPSA) is 0 Å². The van der Waals surface area contributed by atoms with Crippen molar-refractivity contribution in [3.63, 3.8) is 0 Å². The average molecular weight is 281 g/mol. The van der Waals surface area contributed by atoms with E-state index in [1.165, 1.54) is 0 Å². The van der Waals surface area contributed by atoms with Crippen molar-refractivity contribution in [1.82, 2.24) is 0 Å². The summed E-state index contributed by atoms with van der Waals surface area (Å²) in [7, 11) is -9.61. The first-order valence-corrected chi connectivity index (χ1v) is 6.68. The van der Waals surface area contributed by atoms with E-state index in [9.17, 15) is 19.4 Å². The van der Waals surface area contributed by atoms with E-state index in [1.807, 2.05) is 0 Å². The van der Waals surface area contributed by atoms with E-state index in [-0.39, 0.29) is 10.9 Å². The Kier molecular flexibility index (Phi) is 2.58. The van der Waals surface area contributed by atoms with E-state index < -0.39 is 15.1 Å². The van der Waals surface area contributed by atoms with Crippen LogP contribution in [0.2, 0.25) is 5.02 Å². The fourth-order valence-electron chi connectivity index (χ4n) is 1.22. The van der Waals surface area contributed by atoms with Crippen molar-refractivity contribution in [1.29, 1.82) is 0 Å². The molecule has 0 aliphatic rings. The van der Waals surface area contributed by atoms with Gasteiger partial charge in [-0.15, -0.1) is 0 Å². The van der Waals surface area contributed by atoms with Crippen LogP contribution in [0.4, 0.5) is 19.4 Å². The molecule has 1 aromatic carbocycles. The fourth-order valence-corrected chi connectivity index (χ4v) is 2.35. The molecule has 1 rings (SSSR count). The summed E-state index contributed by atoms with van der Waals surface area (Å²) in [6, 6.07) is 1.65. The molecule has 0 aliphatic heterocycles. The van der Waals surface area contributed by atoms with Crippen molar-refractivity contribution < 1.29 is 19.4 Å². The number of hydrogen-bond acceptors (Lipinski definition) is 0. The van der Waals surface area contributed by atoms with Crippen LogP contribution in [0.5, 0.6) is 0 Å². The second-order valence-electron chi connectivity index (χ2n) is 3.81. The molecule has 0 bridgehead atoms. The zero-order valence-corrected chi connectivity index (χ0v) is 10.1. The summed E-state index contributed by atoms with van der Waals surface area (Å²) in [6.45, 7) is 3.42. The Hall–Kier alpha value is -0.490. The summed E-state index contributed by atoms with van der Waals surface area (Å²) >= 11 is 5.54. The van der Waals surface area contributed by atoms with E-state index in [0.29, 0.717) is 17.7 Å². The van der Waals surface area contributed by atoms with E-state index in [4.69, 9.17) is 11.6 Å². The number of hydrogen-bond donors (Lipinski definition) is 0. The van der Waals surface area contributed by atoms with Gasteiger partial charge in [0.2, 0.25) is 0 Å². The summed E-state index contributed by atoms with van der Waals surface area (Å²) < 4.78 is 62.0. The molecular formula is C9H10ClF5S. The zero-order chi connectivity index (χ0) is 12.8. The first-order valence-electron chi connectivity index (χ1n) is 4.35. The van der Waals surface area contributed by atoms with Crippen LogP contribution in [0.1, 0.15) is 25.3 Å². The molecule has 16 heavy (non-hydrogen) atoms. The highest BCUT2D eigenvalue weighted by molar-refractivity contribution is 8.45. The van der Waals surface area contributed by atoms with Crippen LogP contribution in [0.15, 0.2) is 23.1 Å². The average Bonchev–Trinajstić information content (AvgIpc) is 1.98. The van der Waals surface area contributed by atoms with Crippen LogP contribution in [0.3, 0.4) is 0 Å². The third-order valence-corrected chi connectivity index (χ3v) is 3.51. The Balaban J connectivity index is 3.40. The summed E-state index contributed by atoms with van der Waals surface area (Å²) in [4.78, 5) is -1.95. The predicted octanol–water partition coefficient (Wildman–Crippen LogP) is 6.12. The van der Waals surface area contributed by atoms with Gasteiger partial charge >= 0.3 is 10.2 Å². The minimum absolute atomic E-state index is 0.125. The lowest BCUT2D eigenvalue weighted by molar-refractivity contribution is 0.364. The lowest BCUT2D eigenvalue weighted by Crippen LogP contribution is -2.06. The van der Waals surface area contributed by atoms with Gasteiger partial charge in [0.1, 0.15) is 4.90 Å². The normalized spacial score (nSPS) is 17.1. The van der Waals surface area contributed by atoms with Crippen LogP contribution in [0, 0.1) is 0 Å². The van der Waals surface area contributed by atoms with Gasteiger partial charge in [-0.05, 0) is 23.6 Å². The molecule has 0 N–H and O–H groups in total. The maximum atomic E-state index is 12.4. The standard InChI is InChI=1S/C9H10ClF5S/c1-6(2)8-4-3-7(5-9(8)10)16(11,12,13,14)15/h3-6H,1-2H3. The first-order chi connectivity index (χ1) is 6.81. The van der Waals surface area contributed by atoms with Gasteiger partial charge in [0.25, 0.3) is 0 Å². The van der Waals surface area contributed by atoms with Crippen LogP contribution in [-0.2, 0) is 0 Å². The zero-order valence-electron chi connectivity index (χ0n) is 8.49. The summed E-state index contributed by atoms with van der Waals surface area (Å²) in [5, 5.41) is -0.291. The molecule has 0 atom stereocenters. The molecule has 0 aliphatic carbocycles. The Labute approximate surface area is 95.1 Å². The molecule has 0 spiro atoms. The third kappa shape index (κ3) is 3.01. The van der Waals surface area contributed by atoms with Gasteiger partial charge in [-0.2, -0.15) is 0 Å². The highest BCUT2D eigenvalue weighted by atomic mass is 35.5. The van der Waals surface area contributed by atoms with Crippen molar-refractivity contribution in [2.24, 2.45) is 0 Å². The maximum Gasteiger partial charge on any atom is 0.310 e. The Morgan fingerprint density at radius 3 is 1.88 bits per heavy atom. The molecule has 0 fully saturated rings. The molecule has 7 heteroatoms. The largest absolute Gasteiger partial charge is 0.310 e. The van der Waals surface area contributed by atoms with E-state index in [0.717, 1.165) is 6.07 Å². The lowest BCUT2D eigenvalue weighted by atomic mass is 10.0. The van der Waals surface area contributed by atoms with Crippen LogP contribution < -0.4 is 0 Å². The van der Waals surface area contributed by atoms with Gasteiger partial charge in [-0.1, -0.05) is 50.9 Å². The molecule has 0 aromatic heterocycles. The molecule has 0 amide bonds. The predicted molar refractivity (Wildman–Crippen MR) is 56.9 cm³/mol. The Morgan fingerprint density at radius 1 is 1.06 bits per heavy atom. The number of halogens is 6. The van der Waals surface area contributed by atoms with Crippen LogP contribution in [0.25, 0.3) is 0 Å². The van der Waals surface area contributed by atoms with Crippen LogP contribution >= 0.6 is 21.8 Å². The van der Waals surface area contributed by atoms with Crippen molar-refractivity contribution >= 4 is 21.8 Å². The van der Waals surface area contributed by atoms with Crippen molar-refractivity contribution in [2.45, 2.75) is 24.7 Å². The number of rotatable bonds is 2. The van der Waals surface area contributed by atoms with Crippen molar-refractivity contribution in [3.05, 3.63) is 28.8 Å². The van der Waals surface area contributed by atoms with Gasteiger partial charge in [-0.25, -0.2) is 0 Å². The van der Waals surface area contributed by atoms with Gasteiger partial charge in [0.15, 0.2) is 0 Å². The lowest BCUT2D eigenvalue weighted by Gasteiger charge is -2.40. The quantitative estimate of drug-likeness (QED) is 0.572. The monoisotopic (exact) mass is 280 g/mol. The van der Waals surface area contributed by atoms with Crippen molar-refractivity contribution in [3.8, 4) is 0 Å². The fraction of sp³-hybridized carbons (Fsp3) is 0.333. The summed E-state index contributed by atoms with van der Waals surface area (Å²) in [5.41, 5.74) is 0.410. The second kappa shape index (κ2) is 3.04. The highest BCUT2D eigenvalue weighted by Crippen LogP contribution is 3.02.